The van der Waals surface area contributed by atoms with Gasteiger partial charge >= 0.3 is 0 Å². The maximum atomic E-state index is 12.3. The van der Waals surface area contributed by atoms with Crippen molar-refractivity contribution in [2.45, 2.75) is 38.0 Å². The molecule has 0 unspecified atom stereocenters. The van der Waals surface area contributed by atoms with Gasteiger partial charge in [-0.1, -0.05) is 6.42 Å². The summed E-state index contributed by atoms with van der Waals surface area (Å²) in [6.07, 6.45) is 7.63. The van der Waals surface area contributed by atoms with Crippen molar-refractivity contribution in [3.63, 3.8) is 0 Å². The van der Waals surface area contributed by atoms with Gasteiger partial charge in [-0.25, -0.2) is 9.97 Å². The molecule has 112 valence electrons. The van der Waals surface area contributed by atoms with Gasteiger partial charge in [0.25, 0.3) is 0 Å². The third kappa shape index (κ3) is 2.61. The van der Waals surface area contributed by atoms with Gasteiger partial charge in [0.2, 0.25) is 5.91 Å². The van der Waals surface area contributed by atoms with Crippen molar-refractivity contribution < 1.29 is 4.79 Å². The molecule has 3 aliphatic rings. The van der Waals surface area contributed by atoms with Gasteiger partial charge < -0.3 is 9.80 Å². The lowest BCUT2D eigenvalue weighted by Gasteiger charge is -2.38. The van der Waals surface area contributed by atoms with E-state index < -0.39 is 0 Å². The fraction of sp³-hybridized carbons (Fsp3) is 0.688. The zero-order chi connectivity index (χ0) is 14.2. The van der Waals surface area contributed by atoms with E-state index in [-0.39, 0.29) is 0 Å². The highest BCUT2D eigenvalue weighted by Gasteiger charge is 2.31. The van der Waals surface area contributed by atoms with E-state index in [1.165, 1.54) is 25.0 Å². The Balaban J connectivity index is 1.38. The topological polar surface area (TPSA) is 49.3 Å². The maximum absolute atomic E-state index is 12.3. The third-order valence-corrected chi connectivity index (χ3v) is 5.04. The van der Waals surface area contributed by atoms with E-state index in [9.17, 15) is 4.79 Å². The van der Waals surface area contributed by atoms with Crippen molar-refractivity contribution in [2.75, 3.05) is 31.1 Å². The molecule has 1 aromatic heterocycles. The highest BCUT2D eigenvalue weighted by atomic mass is 16.2. The molecule has 0 atom stereocenters. The zero-order valence-corrected chi connectivity index (χ0v) is 12.4. The normalized spacial score (nSPS) is 23.0. The van der Waals surface area contributed by atoms with E-state index in [4.69, 9.17) is 0 Å². The SMILES string of the molecule is O=C(C1CCC1)N1CCN(c2cc(C3CC3)ncn2)CC1. The Hall–Kier alpha value is -1.65. The second kappa shape index (κ2) is 5.28. The maximum Gasteiger partial charge on any atom is 0.225 e. The quantitative estimate of drug-likeness (QED) is 0.850. The van der Waals surface area contributed by atoms with E-state index >= 15 is 0 Å². The number of hydrogen-bond donors (Lipinski definition) is 0. The van der Waals surface area contributed by atoms with Crippen LogP contribution < -0.4 is 4.90 Å². The Labute approximate surface area is 125 Å². The van der Waals surface area contributed by atoms with Crippen LogP contribution in [0.4, 0.5) is 5.82 Å². The van der Waals surface area contributed by atoms with Gasteiger partial charge in [-0.2, -0.15) is 0 Å². The van der Waals surface area contributed by atoms with E-state index in [1.54, 1.807) is 6.33 Å². The largest absolute Gasteiger partial charge is 0.353 e. The fourth-order valence-electron chi connectivity index (χ4n) is 3.21. The van der Waals surface area contributed by atoms with Crippen LogP contribution in [-0.4, -0.2) is 47.0 Å². The molecule has 2 aliphatic carbocycles. The summed E-state index contributed by atoms with van der Waals surface area (Å²) in [6.45, 7) is 3.44. The number of piperazine rings is 1. The molecule has 0 bridgehead atoms. The predicted octanol–water partition coefficient (Wildman–Crippen LogP) is 1.80. The fourth-order valence-corrected chi connectivity index (χ4v) is 3.21. The Morgan fingerprint density at radius 3 is 2.43 bits per heavy atom. The molecule has 1 saturated heterocycles. The first-order valence-corrected chi connectivity index (χ1v) is 8.17. The molecule has 5 heteroatoms. The molecule has 2 saturated carbocycles. The lowest BCUT2D eigenvalue weighted by atomic mass is 9.84. The summed E-state index contributed by atoms with van der Waals surface area (Å²) in [6, 6.07) is 2.14. The zero-order valence-electron chi connectivity index (χ0n) is 12.4. The summed E-state index contributed by atoms with van der Waals surface area (Å²) < 4.78 is 0. The summed E-state index contributed by atoms with van der Waals surface area (Å²) in [5, 5.41) is 0. The van der Waals surface area contributed by atoms with Crippen LogP contribution >= 0.6 is 0 Å². The number of anilines is 1. The summed E-state index contributed by atoms with van der Waals surface area (Å²) in [5.41, 5.74) is 1.19. The van der Waals surface area contributed by atoms with Crippen LogP contribution in [0.3, 0.4) is 0 Å². The minimum atomic E-state index is 0.317. The number of aromatic nitrogens is 2. The number of nitrogens with zero attached hydrogens (tertiary/aromatic N) is 4. The van der Waals surface area contributed by atoms with Gasteiger partial charge in [-0.05, 0) is 25.7 Å². The Morgan fingerprint density at radius 1 is 1.05 bits per heavy atom. The van der Waals surface area contributed by atoms with E-state index in [1.807, 2.05) is 4.90 Å². The molecule has 0 aromatic carbocycles. The first-order valence-electron chi connectivity index (χ1n) is 8.17. The van der Waals surface area contributed by atoms with E-state index in [0.717, 1.165) is 44.8 Å². The van der Waals surface area contributed by atoms with Crippen LogP contribution in [0.5, 0.6) is 0 Å². The Kier molecular flexibility index (Phi) is 3.28. The molecular weight excluding hydrogens is 264 g/mol. The lowest BCUT2D eigenvalue weighted by molar-refractivity contribution is -0.138. The standard InChI is InChI=1S/C16H22N4O/c21-16(13-2-1-3-13)20-8-6-19(7-9-20)15-10-14(12-4-5-12)17-11-18-15/h10-13H,1-9H2. The van der Waals surface area contributed by atoms with Gasteiger partial charge in [-0.3, -0.25) is 4.79 Å². The number of carbonyl (C=O) groups excluding carboxylic acids is 1. The average molecular weight is 286 g/mol. The average Bonchev–Trinajstić information content (AvgIpc) is 3.30. The van der Waals surface area contributed by atoms with Crippen LogP contribution in [-0.2, 0) is 4.79 Å². The van der Waals surface area contributed by atoms with E-state index in [2.05, 4.69) is 20.9 Å². The van der Waals surface area contributed by atoms with Crippen molar-refractivity contribution in [3.05, 3.63) is 18.1 Å². The molecule has 1 amide bonds. The molecule has 21 heavy (non-hydrogen) atoms. The molecule has 2 heterocycles. The minimum absolute atomic E-state index is 0.317. The molecule has 0 radical (unpaired) electrons. The predicted molar refractivity (Wildman–Crippen MR) is 80.1 cm³/mol. The van der Waals surface area contributed by atoms with Crippen LogP contribution in [0.2, 0.25) is 0 Å². The molecule has 1 aromatic rings. The second-order valence-electron chi connectivity index (χ2n) is 6.52. The van der Waals surface area contributed by atoms with Gasteiger partial charge in [0.1, 0.15) is 12.1 Å². The second-order valence-corrected chi connectivity index (χ2v) is 6.52. The van der Waals surface area contributed by atoms with Crippen molar-refractivity contribution in [3.8, 4) is 0 Å². The smallest absolute Gasteiger partial charge is 0.225 e. The number of hydrogen-bond acceptors (Lipinski definition) is 4. The van der Waals surface area contributed by atoms with Gasteiger partial charge in [0.05, 0.1) is 0 Å². The summed E-state index contributed by atoms with van der Waals surface area (Å²) in [5.74, 6) is 2.38. The number of rotatable bonds is 3. The van der Waals surface area contributed by atoms with Crippen molar-refractivity contribution >= 4 is 11.7 Å². The van der Waals surface area contributed by atoms with Crippen LogP contribution in [0.1, 0.15) is 43.7 Å². The van der Waals surface area contributed by atoms with E-state index in [0.29, 0.717) is 17.7 Å². The van der Waals surface area contributed by atoms with Crippen LogP contribution in [0.15, 0.2) is 12.4 Å². The summed E-state index contributed by atoms with van der Waals surface area (Å²) in [4.78, 5) is 25.4. The number of carbonyl (C=O) groups is 1. The lowest BCUT2D eigenvalue weighted by Crippen LogP contribution is -2.51. The molecule has 4 rings (SSSR count). The van der Waals surface area contributed by atoms with Crippen molar-refractivity contribution in [1.29, 1.82) is 0 Å². The van der Waals surface area contributed by atoms with Crippen LogP contribution in [0, 0.1) is 5.92 Å². The number of amides is 1. The molecule has 1 aliphatic heterocycles. The minimum Gasteiger partial charge on any atom is -0.353 e. The van der Waals surface area contributed by atoms with Crippen LogP contribution in [0.25, 0.3) is 0 Å². The summed E-state index contributed by atoms with van der Waals surface area (Å²) >= 11 is 0. The Bertz CT molecular complexity index is 531. The van der Waals surface area contributed by atoms with Crippen molar-refractivity contribution in [1.82, 2.24) is 14.9 Å². The Morgan fingerprint density at radius 2 is 1.81 bits per heavy atom. The molecular formula is C16H22N4O. The molecule has 0 N–H and O–H groups in total. The van der Waals surface area contributed by atoms with Gasteiger partial charge in [0, 0.05) is 49.8 Å². The van der Waals surface area contributed by atoms with Crippen molar-refractivity contribution in [2.24, 2.45) is 5.92 Å². The van der Waals surface area contributed by atoms with Gasteiger partial charge in [-0.15, -0.1) is 0 Å². The third-order valence-electron chi connectivity index (χ3n) is 5.04. The molecule has 0 spiro atoms. The molecule has 5 nitrogen and oxygen atoms in total. The highest BCUT2D eigenvalue weighted by molar-refractivity contribution is 5.79. The summed E-state index contributed by atoms with van der Waals surface area (Å²) in [7, 11) is 0. The first-order chi connectivity index (χ1) is 10.3. The monoisotopic (exact) mass is 286 g/mol. The van der Waals surface area contributed by atoms with Gasteiger partial charge in [0.15, 0.2) is 0 Å². The highest BCUT2D eigenvalue weighted by Crippen LogP contribution is 2.39. The first kappa shape index (κ1) is 13.0. The molecule has 3 fully saturated rings.